The largest absolute Gasteiger partial charge is 0.463 e. The summed E-state index contributed by atoms with van der Waals surface area (Å²) in [5.41, 5.74) is 3.55. The highest BCUT2D eigenvalue weighted by Gasteiger charge is 2.27. The smallest absolute Gasteiger partial charge is 0.344 e. The lowest BCUT2D eigenvalue weighted by Gasteiger charge is -2.35. The van der Waals surface area contributed by atoms with Crippen molar-refractivity contribution in [2.24, 2.45) is 0 Å². The number of amides is 1. The van der Waals surface area contributed by atoms with E-state index < -0.39 is 10.0 Å². The first-order chi connectivity index (χ1) is 16.2. The number of piperazine rings is 1. The van der Waals surface area contributed by atoms with Crippen molar-refractivity contribution in [3.8, 4) is 0 Å². The Morgan fingerprint density at radius 2 is 1.97 bits per heavy atom. The fraction of sp³-hybridized carbons (Fsp3) is 0.500. The quantitative estimate of drug-likeness (QED) is 0.574. The molecule has 2 aliphatic heterocycles. The maximum Gasteiger partial charge on any atom is 0.344 e. The molecular weight excluding hydrogens is 460 g/mol. The summed E-state index contributed by atoms with van der Waals surface area (Å²) in [5.74, 6) is 0.115. The number of ether oxygens (including phenoxy) is 1. The number of aryl methyl sites for hydroxylation is 1. The molecule has 2 aliphatic rings. The Hall–Kier alpha value is -3.12. The van der Waals surface area contributed by atoms with E-state index in [-0.39, 0.29) is 18.0 Å². The molecule has 11 nitrogen and oxygen atoms in total. The van der Waals surface area contributed by atoms with Gasteiger partial charge in [0.05, 0.1) is 12.8 Å². The number of nitrogens with one attached hydrogen (secondary N) is 1. The van der Waals surface area contributed by atoms with Crippen molar-refractivity contribution >= 4 is 34.0 Å². The molecule has 34 heavy (non-hydrogen) atoms. The van der Waals surface area contributed by atoms with Gasteiger partial charge < -0.3 is 14.5 Å². The van der Waals surface area contributed by atoms with E-state index in [2.05, 4.69) is 44.7 Å². The highest BCUT2D eigenvalue weighted by molar-refractivity contribution is 7.92. The molecule has 4 rings (SSSR count). The predicted molar refractivity (Wildman–Crippen MR) is 127 cm³/mol. The minimum Gasteiger partial charge on any atom is -0.463 e. The van der Waals surface area contributed by atoms with Gasteiger partial charge in [0, 0.05) is 63.6 Å². The lowest BCUT2D eigenvalue weighted by atomic mass is 10.1. The van der Waals surface area contributed by atoms with E-state index in [0.717, 1.165) is 36.1 Å². The van der Waals surface area contributed by atoms with Gasteiger partial charge in [-0.1, -0.05) is 12.1 Å². The highest BCUT2D eigenvalue weighted by Crippen LogP contribution is 2.28. The molecule has 0 aliphatic carbocycles. The van der Waals surface area contributed by atoms with Crippen molar-refractivity contribution in [3.05, 3.63) is 41.6 Å². The maximum atomic E-state index is 12.8. The topological polar surface area (TPSA) is 117 Å². The molecule has 0 bridgehead atoms. The second kappa shape index (κ2) is 10.0. The third-order valence-electron chi connectivity index (χ3n) is 6.09. The van der Waals surface area contributed by atoms with Crippen LogP contribution in [0.4, 0.5) is 16.3 Å². The molecule has 0 radical (unpaired) electrons. The second-order valence-corrected chi connectivity index (χ2v) is 10.5. The van der Waals surface area contributed by atoms with Gasteiger partial charge in [-0.25, -0.2) is 13.2 Å². The van der Waals surface area contributed by atoms with Crippen molar-refractivity contribution in [3.63, 3.8) is 0 Å². The zero-order chi connectivity index (χ0) is 24.3. The number of carbonyl (C=O) groups excluding carboxylic acids is 2. The summed E-state index contributed by atoms with van der Waals surface area (Å²) in [6.45, 7) is 7.42. The molecular formula is C22H30N6O5S. The summed E-state index contributed by atoms with van der Waals surface area (Å²) in [7, 11) is -3.45. The average Bonchev–Trinajstić information content (AvgIpc) is 3.44. The summed E-state index contributed by atoms with van der Waals surface area (Å²) < 4.78 is 31.3. The van der Waals surface area contributed by atoms with Crippen LogP contribution in [0.1, 0.15) is 17.5 Å². The lowest BCUT2D eigenvalue weighted by Crippen LogP contribution is -2.49. The molecule has 1 atom stereocenters. The molecule has 1 amide bonds. The summed E-state index contributed by atoms with van der Waals surface area (Å²) in [6, 6.07) is 7.61. The number of hydrogen-bond acceptors (Lipinski definition) is 8. The van der Waals surface area contributed by atoms with Crippen molar-refractivity contribution < 1.29 is 22.7 Å². The SMILES string of the molecule is Cc1ccc(CN2CCN(C(=O)n3ccc(NS(C)(=O)=O)n3)CC2)c(N2CCC(OC=O)C2)c1. The second-order valence-electron chi connectivity index (χ2n) is 8.79. The molecule has 2 saturated heterocycles. The third-order valence-corrected chi connectivity index (χ3v) is 6.67. The molecule has 0 saturated carbocycles. The summed E-state index contributed by atoms with van der Waals surface area (Å²) in [6.07, 6.45) is 3.24. The first-order valence-electron chi connectivity index (χ1n) is 11.2. The van der Waals surface area contributed by atoms with Gasteiger partial charge in [-0.15, -0.1) is 5.10 Å². The van der Waals surface area contributed by atoms with Crippen LogP contribution in [0.3, 0.4) is 0 Å². The number of rotatable bonds is 7. The van der Waals surface area contributed by atoms with Gasteiger partial charge in [-0.3, -0.25) is 14.4 Å². The summed E-state index contributed by atoms with van der Waals surface area (Å²) >= 11 is 0. The van der Waals surface area contributed by atoms with E-state index in [1.54, 1.807) is 4.90 Å². The highest BCUT2D eigenvalue weighted by atomic mass is 32.2. The van der Waals surface area contributed by atoms with E-state index in [4.69, 9.17) is 4.74 Å². The Morgan fingerprint density at radius 3 is 2.68 bits per heavy atom. The number of benzene rings is 1. The fourth-order valence-corrected chi connectivity index (χ4v) is 4.89. The van der Waals surface area contributed by atoms with Gasteiger partial charge in [0.15, 0.2) is 5.82 Å². The van der Waals surface area contributed by atoms with E-state index in [1.165, 1.54) is 23.4 Å². The summed E-state index contributed by atoms with van der Waals surface area (Å²) in [5, 5.41) is 4.02. The zero-order valence-electron chi connectivity index (χ0n) is 19.4. The Morgan fingerprint density at radius 1 is 1.21 bits per heavy atom. The number of aromatic nitrogens is 2. The average molecular weight is 491 g/mol. The fourth-order valence-electron chi connectivity index (χ4n) is 4.40. The van der Waals surface area contributed by atoms with Crippen LogP contribution >= 0.6 is 0 Å². The van der Waals surface area contributed by atoms with Crippen LogP contribution in [0.2, 0.25) is 0 Å². The lowest BCUT2D eigenvalue weighted by molar-refractivity contribution is -0.132. The van der Waals surface area contributed by atoms with E-state index in [1.807, 2.05) is 0 Å². The van der Waals surface area contributed by atoms with Gasteiger partial charge in [-0.2, -0.15) is 4.68 Å². The number of hydrogen-bond donors (Lipinski definition) is 1. The van der Waals surface area contributed by atoms with E-state index >= 15 is 0 Å². The Labute approximate surface area is 199 Å². The van der Waals surface area contributed by atoms with Crippen LogP contribution in [0, 0.1) is 6.92 Å². The minimum absolute atomic E-state index is 0.0733. The molecule has 3 heterocycles. The van der Waals surface area contributed by atoms with Crippen molar-refractivity contribution in [1.29, 1.82) is 0 Å². The molecule has 2 aromatic rings. The van der Waals surface area contributed by atoms with Crippen molar-refractivity contribution in [2.45, 2.75) is 26.0 Å². The van der Waals surface area contributed by atoms with Gasteiger partial charge in [0.2, 0.25) is 10.0 Å². The predicted octanol–water partition coefficient (Wildman–Crippen LogP) is 1.10. The number of nitrogens with zero attached hydrogens (tertiary/aromatic N) is 5. The molecule has 12 heteroatoms. The van der Waals surface area contributed by atoms with Gasteiger partial charge in [0.25, 0.3) is 6.47 Å². The minimum atomic E-state index is -3.45. The van der Waals surface area contributed by atoms with Crippen LogP contribution in [0.5, 0.6) is 0 Å². The number of sulfonamides is 1. The number of carbonyl (C=O) groups is 2. The van der Waals surface area contributed by atoms with E-state index in [9.17, 15) is 18.0 Å². The first kappa shape index (κ1) is 24.0. The van der Waals surface area contributed by atoms with E-state index in [0.29, 0.717) is 39.2 Å². The maximum absolute atomic E-state index is 12.8. The normalized spacial score (nSPS) is 19.3. The first-order valence-corrected chi connectivity index (χ1v) is 13.1. The van der Waals surface area contributed by atoms with Crippen LogP contribution in [0.15, 0.2) is 30.5 Å². The molecule has 0 spiro atoms. The van der Waals surface area contributed by atoms with Crippen LogP contribution in [0.25, 0.3) is 0 Å². The van der Waals surface area contributed by atoms with Gasteiger partial charge >= 0.3 is 6.03 Å². The van der Waals surface area contributed by atoms with Crippen LogP contribution in [-0.2, 0) is 26.1 Å². The monoisotopic (exact) mass is 490 g/mol. The zero-order valence-corrected chi connectivity index (χ0v) is 20.2. The molecule has 1 unspecified atom stereocenters. The third kappa shape index (κ3) is 5.86. The Balaban J connectivity index is 1.36. The standard InChI is InChI=1S/C22H30N6O5S/c1-17-3-4-18(20(13-17)27-7-5-19(15-27)33-16-29)14-25-9-11-26(12-10-25)22(30)28-8-6-21(23-28)24-34(2,31)32/h3-4,6,8,13,16,19H,5,7,9-12,14-15H2,1-2H3,(H,23,24). The molecule has 1 N–H and O–H groups in total. The van der Waals surface area contributed by atoms with Crippen LogP contribution < -0.4 is 9.62 Å². The Bertz CT molecular complexity index is 1140. The number of anilines is 2. The molecule has 184 valence electrons. The summed E-state index contributed by atoms with van der Waals surface area (Å²) in [4.78, 5) is 29.8. The van der Waals surface area contributed by atoms with Gasteiger partial charge in [-0.05, 0) is 24.1 Å². The van der Waals surface area contributed by atoms with Crippen molar-refractivity contribution in [1.82, 2.24) is 19.6 Å². The molecule has 1 aromatic carbocycles. The van der Waals surface area contributed by atoms with Crippen LogP contribution in [-0.4, -0.2) is 92.1 Å². The van der Waals surface area contributed by atoms with Gasteiger partial charge in [0.1, 0.15) is 6.10 Å². The van der Waals surface area contributed by atoms with Crippen molar-refractivity contribution in [2.75, 3.05) is 55.1 Å². The molecule has 2 fully saturated rings. The Kier molecular flexibility index (Phi) is 7.08. The molecule has 1 aromatic heterocycles.